The number of H-pyrrole nitrogens is 1. The summed E-state index contributed by atoms with van der Waals surface area (Å²) in [4.78, 5) is 42.7. The van der Waals surface area contributed by atoms with E-state index in [0.29, 0.717) is 43.8 Å². The van der Waals surface area contributed by atoms with E-state index < -0.39 is 0 Å². The minimum Gasteiger partial charge on any atom is -0.354 e. The fraction of sp³-hybridized carbons (Fsp3) is 0.0417. The van der Waals surface area contributed by atoms with Gasteiger partial charge in [-0.25, -0.2) is 0 Å². The van der Waals surface area contributed by atoms with E-state index in [1.54, 1.807) is 31.3 Å². The first-order valence-corrected chi connectivity index (χ1v) is 9.32. The van der Waals surface area contributed by atoms with E-state index in [1.165, 1.54) is 4.57 Å². The Bertz CT molecular complexity index is 1670. The van der Waals surface area contributed by atoms with Crippen LogP contribution >= 0.6 is 0 Å². The predicted octanol–water partition coefficient (Wildman–Crippen LogP) is 3.74. The SMILES string of the molecule is Cn1c(=O)cc2c3c(c4[nH]c5ccccc5c(=O)c4cc31)C(=O)c1ccccc1-2. The van der Waals surface area contributed by atoms with Crippen LogP contribution in [0.25, 0.3) is 43.8 Å². The topological polar surface area (TPSA) is 71.9 Å². The van der Waals surface area contributed by atoms with Crippen molar-refractivity contribution >= 4 is 38.5 Å². The molecule has 5 aromatic rings. The molecule has 1 aliphatic rings. The highest BCUT2D eigenvalue weighted by Gasteiger charge is 2.29. The van der Waals surface area contributed by atoms with Crippen LogP contribution in [0, 0.1) is 0 Å². The number of rotatable bonds is 0. The second-order valence-corrected chi connectivity index (χ2v) is 7.40. The number of nitrogens with one attached hydrogen (secondary N) is 1. The van der Waals surface area contributed by atoms with Gasteiger partial charge >= 0.3 is 0 Å². The Morgan fingerprint density at radius 2 is 1.52 bits per heavy atom. The van der Waals surface area contributed by atoms with Gasteiger partial charge in [0.15, 0.2) is 11.2 Å². The summed E-state index contributed by atoms with van der Waals surface area (Å²) in [6, 6.07) is 17.8. The van der Waals surface area contributed by atoms with Crippen LogP contribution in [0.4, 0.5) is 0 Å². The van der Waals surface area contributed by atoms with Crippen LogP contribution in [0.5, 0.6) is 0 Å². The average Bonchev–Trinajstić information content (AvgIpc) is 2.74. The molecule has 0 atom stereocenters. The van der Waals surface area contributed by atoms with Gasteiger partial charge in [-0.15, -0.1) is 0 Å². The molecule has 0 amide bonds. The van der Waals surface area contributed by atoms with Crippen molar-refractivity contribution in [1.82, 2.24) is 9.55 Å². The second kappa shape index (κ2) is 5.29. The maximum atomic E-state index is 13.5. The quantitative estimate of drug-likeness (QED) is 0.409. The van der Waals surface area contributed by atoms with Crippen molar-refractivity contribution in [3.63, 3.8) is 0 Å². The molecule has 5 nitrogen and oxygen atoms in total. The molecule has 1 N–H and O–H groups in total. The predicted molar refractivity (Wildman–Crippen MR) is 114 cm³/mol. The highest BCUT2D eigenvalue weighted by Crippen LogP contribution is 2.40. The van der Waals surface area contributed by atoms with Crippen molar-refractivity contribution in [3.8, 4) is 11.1 Å². The zero-order valence-electron chi connectivity index (χ0n) is 15.4. The van der Waals surface area contributed by atoms with Crippen LogP contribution in [-0.2, 0) is 7.05 Å². The molecule has 0 unspecified atom stereocenters. The van der Waals surface area contributed by atoms with E-state index in [1.807, 2.05) is 36.4 Å². The standard InChI is InChI=1S/C24H14N2O3/c1-26-18-10-16-22(25-17-9-5-4-8-14(17)23(16)28)21-20(18)15(11-19(26)27)12-6-2-3-7-13(12)24(21)29/h2-11H,1H3,(H,25,28). The van der Waals surface area contributed by atoms with Gasteiger partial charge in [0.2, 0.25) is 0 Å². The van der Waals surface area contributed by atoms with Crippen molar-refractivity contribution < 1.29 is 4.79 Å². The number of hydrogen-bond acceptors (Lipinski definition) is 3. The number of pyridine rings is 2. The van der Waals surface area contributed by atoms with E-state index in [4.69, 9.17) is 0 Å². The Balaban J connectivity index is 1.98. The summed E-state index contributed by atoms with van der Waals surface area (Å²) in [5, 5.41) is 1.66. The summed E-state index contributed by atoms with van der Waals surface area (Å²) in [6.07, 6.45) is 0. The highest BCUT2D eigenvalue weighted by molar-refractivity contribution is 6.30. The Kier molecular flexibility index (Phi) is 2.92. The Labute approximate surface area is 163 Å². The minimum absolute atomic E-state index is 0.145. The van der Waals surface area contributed by atoms with Crippen LogP contribution < -0.4 is 11.0 Å². The number of benzene rings is 3. The van der Waals surface area contributed by atoms with Gasteiger partial charge in [0.05, 0.1) is 16.6 Å². The van der Waals surface area contributed by atoms with E-state index in [-0.39, 0.29) is 16.8 Å². The Morgan fingerprint density at radius 1 is 0.793 bits per heavy atom. The first kappa shape index (κ1) is 16.0. The van der Waals surface area contributed by atoms with Gasteiger partial charge in [-0.05, 0) is 29.3 Å². The Hall–Kier alpha value is -3.99. The molecule has 3 aromatic carbocycles. The molecular formula is C24H14N2O3. The summed E-state index contributed by atoms with van der Waals surface area (Å²) in [5.74, 6) is -0.145. The van der Waals surface area contributed by atoms with Gasteiger partial charge in [0.1, 0.15) is 0 Å². The number of nitrogens with zero attached hydrogens (tertiary/aromatic N) is 1. The lowest BCUT2D eigenvalue weighted by Crippen LogP contribution is -2.21. The van der Waals surface area contributed by atoms with Crippen molar-refractivity contribution in [3.05, 3.63) is 92.4 Å². The fourth-order valence-corrected chi connectivity index (χ4v) is 4.49. The normalized spacial score (nSPS) is 12.7. The van der Waals surface area contributed by atoms with Gasteiger partial charge in [-0.2, -0.15) is 0 Å². The minimum atomic E-state index is -0.181. The third-order valence-corrected chi connectivity index (χ3v) is 5.90. The lowest BCUT2D eigenvalue weighted by Gasteiger charge is -2.22. The average molecular weight is 378 g/mol. The number of para-hydroxylation sites is 1. The number of aromatic nitrogens is 2. The molecule has 0 bridgehead atoms. The van der Waals surface area contributed by atoms with Crippen LogP contribution in [0.15, 0.2) is 70.3 Å². The van der Waals surface area contributed by atoms with Crippen LogP contribution in [0.3, 0.4) is 0 Å². The molecule has 0 radical (unpaired) electrons. The fourth-order valence-electron chi connectivity index (χ4n) is 4.49. The number of ketones is 1. The van der Waals surface area contributed by atoms with Crippen LogP contribution in [-0.4, -0.2) is 15.3 Å². The monoisotopic (exact) mass is 378 g/mol. The molecule has 0 aliphatic heterocycles. The van der Waals surface area contributed by atoms with E-state index in [9.17, 15) is 14.4 Å². The van der Waals surface area contributed by atoms with Gasteiger partial charge in [0, 0.05) is 40.4 Å². The molecule has 138 valence electrons. The smallest absolute Gasteiger partial charge is 0.251 e. The summed E-state index contributed by atoms with van der Waals surface area (Å²) in [6.45, 7) is 0. The van der Waals surface area contributed by atoms with E-state index >= 15 is 0 Å². The van der Waals surface area contributed by atoms with Crippen molar-refractivity contribution in [2.45, 2.75) is 0 Å². The summed E-state index contributed by atoms with van der Waals surface area (Å²) >= 11 is 0. The highest BCUT2D eigenvalue weighted by atomic mass is 16.1. The van der Waals surface area contributed by atoms with E-state index in [0.717, 1.165) is 11.1 Å². The Morgan fingerprint density at radius 3 is 2.34 bits per heavy atom. The van der Waals surface area contributed by atoms with Crippen LogP contribution in [0.1, 0.15) is 15.9 Å². The van der Waals surface area contributed by atoms with Gasteiger partial charge in [-0.3, -0.25) is 14.4 Å². The zero-order valence-corrected chi connectivity index (χ0v) is 15.4. The largest absolute Gasteiger partial charge is 0.354 e. The van der Waals surface area contributed by atoms with Gasteiger partial charge < -0.3 is 9.55 Å². The molecule has 0 saturated carbocycles. The molecule has 29 heavy (non-hydrogen) atoms. The third kappa shape index (κ3) is 1.91. The maximum absolute atomic E-state index is 13.5. The molecular weight excluding hydrogens is 364 g/mol. The molecule has 1 aliphatic carbocycles. The first-order chi connectivity index (χ1) is 14.1. The number of fused-ring (bicyclic) bond motifs is 5. The lowest BCUT2D eigenvalue weighted by molar-refractivity contribution is 0.104. The van der Waals surface area contributed by atoms with Gasteiger partial charge in [0.25, 0.3) is 5.56 Å². The number of hydrogen-bond donors (Lipinski definition) is 1. The van der Waals surface area contributed by atoms with Crippen molar-refractivity contribution in [2.75, 3.05) is 0 Å². The van der Waals surface area contributed by atoms with Crippen molar-refractivity contribution in [2.24, 2.45) is 7.05 Å². The molecule has 2 heterocycles. The molecule has 2 aromatic heterocycles. The third-order valence-electron chi connectivity index (χ3n) is 5.90. The second-order valence-electron chi connectivity index (χ2n) is 7.40. The van der Waals surface area contributed by atoms with E-state index in [2.05, 4.69) is 4.98 Å². The number of carbonyl (C=O) groups excluding carboxylic acids is 1. The zero-order chi connectivity index (χ0) is 19.9. The number of carbonyl (C=O) groups is 1. The summed E-state index contributed by atoms with van der Waals surface area (Å²) in [5.41, 5.74) is 3.90. The summed E-state index contributed by atoms with van der Waals surface area (Å²) < 4.78 is 1.50. The lowest BCUT2D eigenvalue weighted by atomic mass is 9.82. The van der Waals surface area contributed by atoms with Gasteiger partial charge in [-0.1, -0.05) is 36.4 Å². The molecule has 0 spiro atoms. The summed E-state index contributed by atoms with van der Waals surface area (Å²) in [7, 11) is 1.66. The number of aryl methyl sites for hydroxylation is 1. The molecule has 5 heteroatoms. The maximum Gasteiger partial charge on any atom is 0.251 e. The van der Waals surface area contributed by atoms with Crippen molar-refractivity contribution in [1.29, 1.82) is 0 Å². The number of aromatic amines is 1. The van der Waals surface area contributed by atoms with Crippen LogP contribution in [0.2, 0.25) is 0 Å². The molecule has 6 rings (SSSR count). The molecule has 0 saturated heterocycles. The first-order valence-electron chi connectivity index (χ1n) is 9.32. The molecule has 0 fully saturated rings.